The molecule has 0 radical (unpaired) electrons. The minimum Gasteiger partial charge on any atom is -0.356 e. The van der Waals surface area contributed by atoms with Gasteiger partial charge in [0.15, 0.2) is 0 Å². The lowest BCUT2D eigenvalue weighted by Crippen LogP contribution is -2.09. The topological polar surface area (TPSA) is 42.7 Å². The van der Waals surface area contributed by atoms with Crippen molar-refractivity contribution in [2.24, 2.45) is 0 Å². The van der Waals surface area contributed by atoms with Crippen LogP contribution in [0.2, 0.25) is 0 Å². The molecular weight excluding hydrogens is 257 g/mol. The van der Waals surface area contributed by atoms with Gasteiger partial charge in [0.05, 0.1) is 17.6 Å². The highest BCUT2D eigenvalue weighted by Crippen LogP contribution is 2.28. The summed E-state index contributed by atoms with van der Waals surface area (Å²) in [4.78, 5) is 7.69. The van der Waals surface area contributed by atoms with Crippen molar-refractivity contribution in [2.75, 3.05) is 11.9 Å². The number of nitrogens with zero attached hydrogens (tertiary/aromatic N) is 3. The van der Waals surface area contributed by atoms with E-state index in [1.807, 2.05) is 13.8 Å². The third-order valence-electron chi connectivity index (χ3n) is 2.48. The van der Waals surface area contributed by atoms with E-state index in [2.05, 4.69) is 15.3 Å². The molecule has 0 aromatic carbocycles. The molecule has 2 aromatic rings. The summed E-state index contributed by atoms with van der Waals surface area (Å²) in [6.45, 7) is 4.40. The van der Waals surface area contributed by atoms with Gasteiger partial charge in [-0.15, -0.1) is 0 Å². The van der Waals surface area contributed by atoms with Crippen LogP contribution in [0.1, 0.15) is 18.3 Å². The Kier molecular flexibility index (Phi) is 3.46. The number of imidazole rings is 1. The number of anilines is 1. The fourth-order valence-electron chi connectivity index (χ4n) is 1.67. The van der Waals surface area contributed by atoms with E-state index < -0.39 is 11.9 Å². The zero-order valence-electron chi connectivity index (χ0n) is 10.5. The van der Waals surface area contributed by atoms with Crippen LogP contribution in [0.15, 0.2) is 24.5 Å². The molecular formula is C12H13F3N4. The van der Waals surface area contributed by atoms with Crippen molar-refractivity contribution in [2.45, 2.75) is 20.0 Å². The summed E-state index contributed by atoms with van der Waals surface area (Å²) in [5.74, 6) is 0.585. The van der Waals surface area contributed by atoms with E-state index in [1.165, 1.54) is 12.3 Å². The van der Waals surface area contributed by atoms with Crippen molar-refractivity contribution in [3.8, 4) is 5.69 Å². The first-order valence-electron chi connectivity index (χ1n) is 5.75. The standard InChI is InChI=1S/C12H13F3N4/c1-3-16-11-18-8(2)7-19(11)9-4-5-10(17-6-9)12(13,14)15/h4-7H,3H2,1-2H3,(H,16,18). The lowest BCUT2D eigenvalue weighted by molar-refractivity contribution is -0.141. The van der Waals surface area contributed by atoms with E-state index >= 15 is 0 Å². The number of nitrogens with one attached hydrogen (secondary N) is 1. The average molecular weight is 270 g/mol. The Morgan fingerprint density at radius 2 is 2.05 bits per heavy atom. The second-order valence-corrected chi connectivity index (χ2v) is 4.01. The molecule has 0 saturated carbocycles. The molecule has 0 aliphatic heterocycles. The number of aromatic nitrogens is 3. The number of hydrogen-bond acceptors (Lipinski definition) is 3. The summed E-state index contributed by atoms with van der Waals surface area (Å²) < 4.78 is 39.0. The Bertz CT molecular complexity index is 557. The van der Waals surface area contributed by atoms with Crippen LogP contribution in [-0.2, 0) is 6.18 Å². The predicted octanol–water partition coefficient (Wildman–Crippen LogP) is 3.03. The van der Waals surface area contributed by atoms with Gasteiger partial charge in [-0.1, -0.05) is 0 Å². The van der Waals surface area contributed by atoms with Crippen LogP contribution in [0.3, 0.4) is 0 Å². The normalized spacial score (nSPS) is 11.6. The quantitative estimate of drug-likeness (QED) is 0.932. The van der Waals surface area contributed by atoms with Crippen LogP contribution in [-0.4, -0.2) is 21.1 Å². The fourth-order valence-corrected chi connectivity index (χ4v) is 1.67. The molecule has 0 unspecified atom stereocenters. The molecule has 0 bridgehead atoms. The lowest BCUT2D eigenvalue weighted by Gasteiger charge is -2.09. The van der Waals surface area contributed by atoms with E-state index in [1.54, 1.807) is 10.8 Å². The molecule has 0 fully saturated rings. The molecule has 0 spiro atoms. The molecule has 2 rings (SSSR count). The third kappa shape index (κ3) is 2.86. The lowest BCUT2D eigenvalue weighted by atomic mass is 10.3. The first kappa shape index (κ1) is 13.4. The first-order chi connectivity index (χ1) is 8.91. The summed E-state index contributed by atoms with van der Waals surface area (Å²) in [7, 11) is 0. The molecule has 2 aromatic heterocycles. The molecule has 7 heteroatoms. The van der Waals surface area contributed by atoms with Crippen molar-refractivity contribution in [3.63, 3.8) is 0 Å². The van der Waals surface area contributed by atoms with Crippen molar-refractivity contribution < 1.29 is 13.2 Å². The smallest absolute Gasteiger partial charge is 0.356 e. The maximum atomic E-state index is 12.4. The van der Waals surface area contributed by atoms with E-state index in [9.17, 15) is 13.2 Å². The van der Waals surface area contributed by atoms with Crippen LogP contribution in [0, 0.1) is 6.92 Å². The minimum absolute atomic E-state index is 0.532. The highest BCUT2D eigenvalue weighted by atomic mass is 19.4. The van der Waals surface area contributed by atoms with Gasteiger partial charge >= 0.3 is 6.18 Å². The number of aryl methyl sites for hydroxylation is 1. The van der Waals surface area contributed by atoms with Crippen molar-refractivity contribution in [1.29, 1.82) is 0 Å². The van der Waals surface area contributed by atoms with Gasteiger partial charge in [0.25, 0.3) is 0 Å². The maximum Gasteiger partial charge on any atom is 0.433 e. The molecule has 0 aliphatic carbocycles. The molecule has 0 aliphatic rings. The molecule has 102 valence electrons. The Hall–Kier alpha value is -2.05. The maximum absolute atomic E-state index is 12.4. The first-order valence-corrected chi connectivity index (χ1v) is 5.75. The van der Waals surface area contributed by atoms with Crippen LogP contribution in [0.25, 0.3) is 5.69 Å². The van der Waals surface area contributed by atoms with Crippen LogP contribution in [0.4, 0.5) is 19.1 Å². The minimum atomic E-state index is -4.42. The monoisotopic (exact) mass is 270 g/mol. The average Bonchev–Trinajstić information content (AvgIpc) is 2.70. The molecule has 0 atom stereocenters. The molecule has 1 N–H and O–H groups in total. The number of alkyl halides is 3. The second kappa shape index (κ2) is 4.91. The number of rotatable bonds is 3. The van der Waals surface area contributed by atoms with Gasteiger partial charge in [0.1, 0.15) is 5.69 Å². The van der Waals surface area contributed by atoms with Crippen LogP contribution < -0.4 is 5.32 Å². The summed E-state index contributed by atoms with van der Waals surface area (Å²) in [5, 5.41) is 3.04. The van der Waals surface area contributed by atoms with E-state index in [0.717, 1.165) is 11.8 Å². The van der Waals surface area contributed by atoms with Crippen LogP contribution in [0.5, 0.6) is 0 Å². The number of hydrogen-bond donors (Lipinski definition) is 1. The van der Waals surface area contributed by atoms with E-state index in [0.29, 0.717) is 18.2 Å². The van der Waals surface area contributed by atoms with E-state index in [-0.39, 0.29) is 0 Å². The Morgan fingerprint density at radius 1 is 1.32 bits per heavy atom. The van der Waals surface area contributed by atoms with Crippen LogP contribution >= 0.6 is 0 Å². The van der Waals surface area contributed by atoms with Crippen molar-refractivity contribution in [3.05, 3.63) is 35.9 Å². The molecule has 0 saturated heterocycles. The van der Waals surface area contributed by atoms with Gasteiger partial charge < -0.3 is 5.32 Å². The summed E-state index contributed by atoms with van der Waals surface area (Å²) in [5.41, 5.74) is 0.401. The number of pyridine rings is 1. The van der Waals surface area contributed by atoms with Gasteiger partial charge in [-0.2, -0.15) is 13.2 Å². The van der Waals surface area contributed by atoms with Crippen molar-refractivity contribution in [1.82, 2.24) is 14.5 Å². The zero-order valence-corrected chi connectivity index (χ0v) is 10.5. The van der Waals surface area contributed by atoms with Gasteiger partial charge in [-0.25, -0.2) is 9.97 Å². The van der Waals surface area contributed by atoms with Gasteiger partial charge in [0.2, 0.25) is 5.95 Å². The highest BCUT2D eigenvalue weighted by Gasteiger charge is 2.32. The fraction of sp³-hybridized carbons (Fsp3) is 0.333. The third-order valence-corrected chi connectivity index (χ3v) is 2.48. The van der Waals surface area contributed by atoms with Crippen molar-refractivity contribution >= 4 is 5.95 Å². The predicted molar refractivity (Wildman–Crippen MR) is 65.3 cm³/mol. The Balaban J connectivity index is 2.37. The summed E-state index contributed by atoms with van der Waals surface area (Å²) in [6, 6.07) is 2.33. The molecule has 2 heterocycles. The van der Waals surface area contributed by atoms with E-state index in [4.69, 9.17) is 0 Å². The van der Waals surface area contributed by atoms with Gasteiger partial charge in [0, 0.05) is 12.7 Å². The van der Waals surface area contributed by atoms with Gasteiger partial charge in [-0.3, -0.25) is 4.57 Å². The molecule has 0 amide bonds. The summed E-state index contributed by atoms with van der Waals surface area (Å²) in [6.07, 6.45) is -1.50. The Morgan fingerprint density at radius 3 is 2.58 bits per heavy atom. The number of halogens is 3. The SMILES string of the molecule is CCNc1nc(C)cn1-c1ccc(C(F)(F)F)nc1. The van der Waals surface area contributed by atoms with Gasteiger partial charge in [-0.05, 0) is 26.0 Å². The summed E-state index contributed by atoms with van der Waals surface area (Å²) >= 11 is 0. The molecule has 4 nitrogen and oxygen atoms in total. The highest BCUT2D eigenvalue weighted by molar-refractivity contribution is 5.42. The molecule has 19 heavy (non-hydrogen) atoms. The second-order valence-electron chi connectivity index (χ2n) is 4.01. The largest absolute Gasteiger partial charge is 0.433 e. The Labute approximate surface area is 108 Å². The zero-order chi connectivity index (χ0) is 14.0.